The molecule has 5 amide bonds. The SMILES string of the molecule is CCCC(=O)N1CCC(c2c[nH]c3ccccc23)CC1.CCOC(=O)N1CCC(c2c[nH]c3ccccc23)CC1.COc1ccc2[nH]cc(C3CCN(S(=O)(=O)c4ccc(NC(C)=O)cc4)CC3)c2c1.O=C(CO)N1CCC(c2c[nH]c3ccccc23)CC1.O=C(c1cc(C(F)(F)F)cc(C(F)(F)F)c1)N1CCC(C2C=Nc3ccccc32)CC1. The van der Waals surface area contributed by atoms with Crippen LogP contribution in [0.3, 0.4) is 0 Å². The van der Waals surface area contributed by atoms with E-state index in [9.17, 15) is 58.7 Å². The predicted molar refractivity (Wildman–Crippen MR) is 453 cm³/mol. The molecule has 120 heavy (non-hydrogen) atoms. The quantitative estimate of drug-likeness (QED) is 0.0561. The minimum Gasteiger partial charge on any atom is -0.497 e. The Morgan fingerprint density at radius 2 is 0.933 bits per heavy atom. The van der Waals surface area contributed by atoms with Crippen LogP contribution in [0.25, 0.3) is 43.6 Å². The van der Waals surface area contributed by atoms with Gasteiger partial charge >= 0.3 is 18.4 Å². The zero-order valence-corrected chi connectivity index (χ0v) is 68.6. The van der Waals surface area contributed by atoms with Gasteiger partial charge in [0.05, 0.1) is 35.4 Å². The molecule has 17 rings (SSSR count). The van der Waals surface area contributed by atoms with E-state index in [0.29, 0.717) is 86.4 Å². The van der Waals surface area contributed by atoms with Crippen molar-refractivity contribution in [1.29, 1.82) is 0 Å². The van der Waals surface area contributed by atoms with Crippen LogP contribution in [0, 0.1) is 5.92 Å². The highest BCUT2D eigenvalue weighted by atomic mass is 32.2. The second-order valence-electron chi connectivity index (χ2n) is 31.4. The number of aromatic amines is 4. The molecule has 4 aromatic heterocycles. The number of nitrogens with zero attached hydrogens (tertiary/aromatic N) is 6. The Kier molecular flexibility index (Phi) is 28.1. The summed E-state index contributed by atoms with van der Waals surface area (Å²) in [5.41, 5.74) is 8.99. The van der Waals surface area contributed by atoms with Gasteiger partial charge in [-0.2, -0.15) is 30.6 Å². The van der Waals surface area contributed by atoms with Crippen molar-refractivity contribution in [3.63, 3.8) is 0 Å². The second-order valence-corrected chi connectivity index (χ2v) is 33.3. The van der Waals surface area contributed by atoms with Crippen molar-refractivity contribution in [2.45, 2.75) is 145 Å². The summed E-state index contributed by atoms with van der Waals surface area (Å²) < 4.78 is 117. The van der Waals surface area contributed by atoms with E-state index in [2.05, 4.69) is 116 Å². The molecular formula is C92H103F6N11O10S. The number of carbonyl (C=O) groups is 5. The molecule has 0 radical (unpaired) electrons. The van der Waals surface area contributed by atoms with E-state index in [-0.39, 0.29) is 60.4 Å². The normalized spacial score (nSPS) is 17.3. The van der Waals surface area contributed by atoms with Gasteiger partial charge in [0.25, 0.3) is 5.91 Å². The number of H-pyrrole nitrogens is 4. The number of aromatic nitrogens is 4. The van der Waals surface area contributed by atoms with Gasteiger partial charge in [0.1, 0.15) is 12.4 Å². The number of fused-ring (bicyclic) bond motifs is 5. The van der Waals surface area contributed by atoms with Gasteiger partial charge in [-0.15, -0.1) is 0 Å². The number of piperidine rings is 5. The Labute approximate surface area is 693 Å². The standard InChI is InChI=1S/C22H18F6N2O.C22H25N3O4S.C17H22N2O.C16H20N2O2.C15H18N2O2/c23-21(24,25)15-9-14(10-16(11-15)22(26,27)28)20(31)30-7-5-13(6-8-30)18-12-29-19-4-2-1-3-17(18)19;1-15(26)24-17-3-6-19(7-4-17)30(27,28)25-11-9-16(10-12-25)21-14-23-22-8-5-18(29-2)13-20(21)22;1-2-5-17(20)19-10-8-13(9-11-19)15-12-18-16-7-4-3-6-14(15)16;1-2-20-16(19)18-9-7-12(8-10-18)14-11-17-15-6-4-3-5-13(14)15;18-10-15(19)17-7-5-11(6-8-17)13-9-16-14-4-2-1-3-12(13)14/h1-4,9-13,18H,5-8H2;3-8,13-14,16,23H,9-12H2,1-2H3,(H,24,26);3-4,6-7,12-13,18H,2,5,8-11H2,1H3;3-6,11-12,17H,2,7-10H2,1H3;1-4,9,11,16,18H,5-8,10H2. The minimum atomic E-state index is -4.99. The lowest BCUT2D eigenvalue weighted by Crippen LogP contribution is -2.40. The summed E-state index contributed by atoms with van der Waals surface area (Å²) in [6, 6.07) is 46.2. The molecular weight excluding hydrogens is 1570 g/mol. The number of hydrogen-bond donors (Lipinski definition) is 6. The van der Waals surface area contributed by atoms with Crippen LogP contribution in [0.15, 0.2) is 192 Å². The maximum atomic E-state index is 13.1. The minimum absolute atomic E-state index is 0.0277. The Morgan fingerprint density at radius 1 is 0.500 bits per heavy atom. The van der Waals surface area contributed by atoms with Crippen LogP contribution in [-0.2, 0) is 41.5 Å². The number of amides is 5. The zero-order chi connectivity index (χ0) is 84.8. The fourth-order valence-electron chi connectivity index (χ4n) is 17.5. The van der Waals surface area contributed by atoms with Crippen molar-refractivity contribution in [3.05, 3.63) is 227 Å². The van der Waals surface area contributed by atoms with Crippen LogP contribution in [-0.4, -0.2) is 179 Å². The van der Waals surface area contributed by atoms with Crippen molar-refractivity contribution < 1.29 is 73.3 Å². The number of carbonyl (C=O) groups excluding carboxylic acids is 5. The first-order valence-corrected chi connectivity index (χ1v) is 42.7. The number of hydrogen-bond acceptors (Lipinski definition) is 11. The number of aliphatic hydroxyl groups excluding tert-OH is 1. The summed E-state index contributed by atoms with van der Waals surface area (Å²) in [5, 5.41) is 16.6. The molecule has 634 valence electrons. The number of aliphatic hydroxyl groups is 1. The number of likely N-dealkylation sites (tertiary alicyclic amines) is 4. The van der Waals surface area contributed by atoms with E-state index < -0.39 is 45.0 Å². The van der Waals surface area contributed by atoms with E-state index in [0.717, 1.165) is 125 Å². The molecule has 5 fully saturated rings. The molecule has 6 N–H and O–H groups in total. The number of ether oxygens (including phenoxy) is 2. The molecule has 1 atom stereocenters. The molecule has 28 heteroatoms. The molecule has 7 aromatic carbocycles. The van der Waals surface area contributed by atoms with Crippen LogP contribution in [0.4, 0.5) is 42.5 Å². The van der Waals surface area contributed by atoms with Crippen molar-refractivity contribution >= 4 is 101 Å². The molecule has 0 saturated carbocycles. The number of halogens is 6. The summed E-state index contributed by atoms with van der Waals surface area (Å²) in [6.45, 7) is 11.7. The Bertz CT molecular complexity index is 5370. The number of sulfonamides is 1. The van der Waals surface area contributed by atoms with E-state index in [1.54, 1.807) is 40.6 Å². The molecule has 21 nitrogen and oxygen atoms in total. The van der Waals surface area contributed by atoms with E-state index in [1.807, 2.05) is 83.7 Å². The van der Waals surface area contributed by atoms with Gasteiger partial charge in [0.15, 0.2) is 0 Å². The van der Waals surface area contributed by atoms with Crippen LogP contribution in [0.1, 0.15) is 177 Å². The van der Waals surface area contributed by atoms with Gasteiger partial charge in [-0.05, 0) is 220 Å². The number of para-hydroxylation sites is 4. The molecule has 11 aromatic rings. The third kappa shape index (κ3) is 20.6. The number of methoxy groups -OCH3 is 1. The maximum Gasteiger partial charge on any atom is 0.416 e. The highest BCUT2D eigenvalue weighted by Gasteiger charge is 2.40. The van der Waals surface area contributed by atoms with Gasteiger partial charge < -0.3 is 59.4 Å². The molecule has 6 aliphatic rings. The van der Waals surface area contributed by atoms with Crippen molar-refractivity contribution in [3.8, 4) is 5.75 Å². The Hall–Kier alpha value is -11.2. The average molecular weight is 1670 g/mol. The number of aliphatic imine (C=N–C) groups is 1. The van der Waals surface area contributed by atoms with Crippen LogP contribution in [0.2, 0.25) is 0 Å². The average Bonchev–Trinajstić information content (AvgIpc) is 1.52. The van der Waals surface area contributed by atoms with E-state index in [4.69, 9.17) is 14.6 Å². The number of rotatable bonds is 14. The van der Waals surface area contributed by atoms with Crippen LogP contribution >= 0.6 is 0 Å². The van der Waals surface area contributed by atoms with Gasteiger partial charge in [-0.25, -0.2) is 13.2 Å². The van der Waals surface area contributed by atoms with Crippen molar-refractivity contribution in [2.24, 2.45) is 10.9 Å². The lowest BCUT2D eigenvalue weighted by Gasteiger charge is -2.34. The van der Waals surface area contributed by atoms with E-state index in [1.165, 1.54) is 66.8 Å². The topological polar surface area (TPSA) is 262 Å². The molecule has 10 heterocycles. The van der Waals surface area contributed by atoms with Crippen molar-refractivity contribution in [1.82, 2.24) is 43.8 Å². The molecule has 6 aliphatic heterocycles. The molecule has 5 saturated heterocycles. The summed E-state index contributed by atoms with van der Waals surface area (Å²) >= 11 is 0. The van der Waals surface area contributed by atoms with Crippen LogP contribution in [0.5, 0.6) is 5.75 Å². The smallest absolute Gasteiger partial charge is 0.416 e. The number of alkyl halides is 6. The van der Waals surface area contributed by atoms with Gasteiger partial charge in [-0.3, -0.25) is 24.2 Å². The lowest BCUT2D eigenvalue weighted by atomic mass is 9.81. The van der Waals surface area contributed by atoms with Crippen molar-refractivity contribution in [2.75, 3.05) is 91.1 Å². The lowest BCUT2D eigenvalue weighted by molar-refractivity contribution is -0.143. The predicted octanol–water partition coefficient (Wildman–Crippen LogP) is 18.8. The van der Waals surface area contributed by atoms with Gasteiger partial charge in [-0.1, -0.05) is 79.7 Å². The summed E-state index contributed by atoms with van der Waals surface area (Å²) in [5.74, 6) is 2.15. The second kappa shape index (κ2) is 38.9. The number of benzene rings is 7. The number of nitrogens with one attached hydrogen (secondary N) is 5. The Morgan fingerprint density at radius 3 is 1.39 bits per heavy atom. The fraction of sp³-hybridized carbons (Fsp3) is 0.391. The Balaban J connectivity index is 0.000000132. The fourth-order valence-corrected chi connectivity index (χ4v) is 19.0. The zero-order valence-electron chi connectivity index (χ0n) is 67.8. The van der Waals surface area contributed by atoms with Gasteiger partial charge in [0.2, 0.25) is 27.7 Å². The maximum absolute atomic E-state index is 13.1. The first kappa shape index (κ1) is 86.6. The summed E-state index contributed by atoms with van der Waals surface area (Å²) in [4.78, 5) is 83.8. The first-order chi connectivity index (χ1) is 57.8. The van der Waals surface area contributed by atoms with Gasteiger partial charge in [0, 0.05) is 171 Å². The molecule has 0 spiro atoms. The largest absolute Gasteiger partial charge is 0.497 e. The highest BCUT2D eigenvalue weighted by molar-refractivity contribution is 7.89. The van der Waals surface area contributed by atoms with Crippen LogP contribution < -0.4 is 10.1 Å². The van der Waals surface area contributed by atoms with E-state index >= 15 is 0 Å². The third-order valence-corrected chi connectivity index (χ3v) is 25.9. The summed E-state index contributed by atoms with van der Waals surface area (Å²) in [6.07, 6.45) is 10.5. The molecule has 0 aliphatic carbocycles. The first-order valence-electron chi connectivity index (χ1n) is 41.3. The highest BCUT2D eigenvalue weighted by Crippen LogP contribution is 2.44. The third-order valence-electron chi connectivity index (χ3n) is 24.0. The monoisotopic (exact) mass is 1670 g/mol. The summed E-state index contributed by atoms with van der Waals surface area (Å²) in [7, 11) is -1.91. The molecule has 0 bridgehead atoms. The number of anilines is 1. The molecule has 1 unspecified atom stereocenters.